The number of benzene rings is 1. The Morgan fingerprint density at radius 1 is 1.46 bits per heavy atom. The third-order valence-corrected chi connectivity index (χ3v) is 1.69. The fraction of sp³-hybridized carbons (Fsp3) is 0.222. The number of nitrogens with one attached hydrogen (secondary N) is 1. The summed E-state index contributed by atoms with van der Waals surface area (Å²) >= 11 is 0. The monoisotopic (exact) mass is 184 g/mol. The van der Waals surface area contributed by atoms with Gasteiger partial charge in [0, 0.05) is 6.42 Å². The molecule has 70 valence electrons. The van der Waals surface area contributed by atoms with Crippen LogP contribution >= 0.6 is 0 Å². The van der Waals surface area contributed by atoms with Crippen LogP contribution in [-0.2, 0) is 6.42 Å². The largest absolute Gasteiger partial charge is 0.385 e. The van der Waals surface area contributed by atoms with E-state index in [1.165, 1.54) is 18.2 Å². The SMILES string of the molecule is N=C(N)C(F)Cc1ccccc1F. The highest BCUT2D eigenvalue weighted by Gasteiger charge is 2.12. The van der Waals surface area contributed by atoms with Gasteiger partial charge in [0.05, 0.1) is 0 Å². The topological polar surface area (TPSA) is 49.9 Å². The summed E-state index contributed by atoms with van der Waals surface area (Å²) in [6.07, 6.45) is -1.78. The number of nitrogens with two attached hydrogens (primary N) is 1. The van der Waals surface area contributed by atoms with Crippen molar-refractivity contribution in [2.24, 2.45) is 5.73 Å². The van der Waals surface area contributed by atoms with Gasteiger partial charge in [-0.1, -0.05) is 18.2 Å². The van der Waals surface area contributed by atoms with Crippen molar-refractivity contribution < 1.29 is 8.78 Å². The maximum absolute atomic E-state index is 12.9. The highest BCUT2D eigenvalue weighted by Crippen LogP contribution is 2.10. The Balaban J connectivity index is 2.74. The molecule has 2 nitrogen and oxygen atoms in total. The van der Waals surface area contributed by atoms with E-state index in [-0.39, 0.29) is 12.0 Å². The van der Waals surface area contributed by atoms with Crippen LogP contribution in [0.4, 0.5) is 8.78 Å². The highest BCUT2D eigenvalue weighted by molar-refractivity contribution is 5.81. The molecule has 0 aliphatic rings. The van der Waals surface area contributed by atoms with E-state index in [0.29, 0.717) is 0 Å². The van der Waals surface area contributed by atoms with Gasteiger partial charge >= 0.3 is 0 Å². The van der Waals surface area contributed by atoms with Crippen LogP contribution in [0.1, 0.15) is 5.56 Å². The first-order valence-corrected chi connectivity index (χ1v) is 3.82. The molecule has 0 radical (unpaired) electrons. The minimum absolute atomic E-state index is 0.179. The zero-order valence-electron chi connectivity index (χ0n) is 6.93. The third-order valence-electron chi connectivity index (χ3n) is 1.69. The zero-order valence-corrected chi connectivity index (χ0v) is 6.93. The van der Waals surface area contributed by atoms with Crippen molar-refractivity contribution in [1.29, 1.82) is 5.41 Å². The van der Waals surface area contributed by atoms with Crippen LogP contribution in [0, 0.1) is 11.2 Å². The first kappa shape index (κ1) is 9.64. The molecule has 1 aromatic rings. The summed E-state index contributed by atoms with van der Waals surface area (Å²) in [5, 5.41) is 6.80. The smallest absolute Gasteiger partial charge is 0.160 e. The van der Waals surface area contributed by atoms with Crippen molar-refractivity contribution in [2.75, 3.05) is 0 Å². The van der Waals surface area contributed by atoms with Crippen molar-refractivity contribution in [2.45, 2.75) is 12.6 Å². The minimum atomic E-state index is -1.60. The number of amidine groups is 1. The van der Waals surface area contributed by atoms with Crippen molar-refractivity contribution in [3.8, 4) is 0 Å². The molecule has 1 aromatic carbocycles. The quantitative estimate of drug-likeness (QED) is 0.544. The molecule has 0 aromatic heterocycles. The molecule has 0 spiro atoms. The van der Waals surface area contributed by atoms with Crippen LogP contribution in [0.2, 0.25) is 0 Å². The molecule has 0 heterocycles. The van der Waals surface area contributed by atoms with Gasteiger partial charge in [-0.3, -0.25) is 5.41 Å². The molecule has 0 bridgehead atoms. The molecule has 1 rings (SSSR count). The number of rotatable bonds is 3. The van der Waals surface area contributed by atoms with Gasteiger partial charge in [0.2, 0.25) is 0 Å². The lowest BCUT2D eigenvalue weighted by Crippen LogP contribution is -2.25. The molecule has 13 heavy (non-hydrogen) atoms. The lowest BCUT2D eigenvalue weighted by Gasteiger charge is -2.06. The maximum atomic E-state index is 12.9. The van der Waals surface area contributed by atoms with E-state index < -0.39 is 17.8 Å². The summed E-state index contributed by atoms with van der Waals surface area (Å²) in [7, 11) is 0. The molecule has 0 saturated heterocycles. The van der Waals surface area contributed by atoms with Crippen molar-refractivity contribution in [3.63, 3.8) is 0 Å². The fourth-order valence-corrected chi connectivity index (χ4v) is 0.967. The molecule has 0 aliphatic carbocycles. The van der Waals surface area contributed by atoms with Gasteiger partial charge in [0.15, 0.2) is 6.17 Å². The van der Waals surface area contributed by atoms with E-state index in [9.17, 15) is 8.78 Å². The Hall–Kier alpha value is -1.45. The molecule has 0 saturated carbocycles. The molecule has 4 heteroatoms. The summed E-state index contributed by atoms with van der Waals surface area (Å²) in [6.45, 7) is 0. The van der Waals surface area contributed by atoms with E-state index in [4.69, 9.17) is 11.1 Å². The molecular formula is C9H10F2N2. The number of hydrogen-bond donors (Lipinski definition) is 2. The first-order chi connectivity index (χ1) is 6.11. The normalized spacial score (nSPS) is 12.5. The second-order valence-electron chi connectivity index (χ2n) is 2.72. The molecule has 0 amide bonds. The average molecular weight is 184 g/mol. The molecule has 3 N–H and O–H groups in total. The van der Waals surface area contributed by atoms with E-state index in [1.54, 1.807) is 6.07 Å². The van der Waals surface area contributed by atoms with Gasteiger partial charge in [-0.2, -0.15) is 0 Å². The second kappa shape index (κ2) is 3.98. The lowest BCUT2D eigenvalue weighted by molar-refractivity contribution is 0.412. The predicted molar refractivity (Wildman–Crippen MR) is 46.9 cm³/mol. The van der Waals surface area contributed by atoms with Gasteiger partial charge in [-0.15, -0.1) is 0 Å². The van der Waals surface area contributed by atoms with Crippen LogP contribution in [-0.4, -0.2) is 12.0 Å². The zero-order chi connectivity index (χ0) is 9.84. The van der Waals surface area contributed by atoms with Crippen LogP contribution in [0.25, 0.3) is 0 Å². The van der Waals surface area contributed by atoms with Crippen molar-refractivity contribution in [3.05, 3.63) is 35.6 Å². The Bertz CT molecular complexity index is 312. The maximum Gasteiger partial charge on any atom is 0.160 e. The second-order valence-corrected chi connectivity index (χ2v) is 2.72. The van der Waals surface area contributed by atoms with Gasteiger partial charge in [0.1, 0.15) is 11.7 Å². The number of hydrogen-bond acceptors (Lipinski definition) is 1. The molecular weight excluding hydrogens is 174 g/mol. The summed E-state index contributed by atoms with van der Waals surface area (Å²) in [4.78, 5) is 0. The Morgan fingerprint density at radius 3 is 2.62 bits per heavy atom. The Kier molecular flexibility index (Phi) is 2.95. The van der Waals surface area contributed by atoms with Crippen LogP contribution in [0.3, 0.4) is 0 Å². The summed E-state index contributed by atoms with van der Waals surface area (Å²) in [5.74, 6) is -1.03. The first-order valence-electron chi connectivity index (χ1n) is 3.82. The standard InChI is InChI=1S/C9H10F2N2/c10-7-4-2-1-3-6(7)5-8(11)9(12)13/h1-4,8H,5H2,(H3,12,13). The van der Waals surface area contributed by atoms with E-state index >= 15 is 0 Å². The minimum Gasteiger partial charge on any atom is -0.385 e. The molecule has 0 fully saturated rings. The molecule has 1 atom stereocenters. The molecule has 1 unspecified atom stereocenters. The number of halogens is 2. The van der Waals surface area contributed by atoms with Crippen molar-refractivity contribution >= 4 is 5.84 Å². The summed E-state index contributed by atoms with van der Waals surface area (Å²) in [5.41, 5.74) is 5.16. The summed E-state index contributed by atoms with van der Waals surface area (Å²) in [6, 6.07) is 5.87. The van der Waals surface area contributed by atoms with Gasteiger partial charge in [-0.05, 0) is 11.6 Å². The van der Waals surface area contributed by atoms with E-state index in [2.05, 4.69) is 0 Å². The molecule has 0 aliphatic heterocycles. The third kappa shape index (κ3) is 2.50. The Labute approximate surface area is 74.9 Å². The van der Waals surface area contributed by atoms with Crippen LogP contribution in [0.5, 0.6) is 0 Å². The predicted octanol–water partition coefficient (Wildman–Crippen LogP) is 1.64. The van der Waals surface area contributed by atoms with Gasteiger partial charge in [0.25, 0.3) is 0 Å². The summed E-state index contributed by atoms with van der Waals surface area (Å²) < 4.78 is 25.8. The van der Waals surface area contributed by atoms with Crippen LogP contribution < -0.4 is 5.73 Å². The van der Waals surface area contributed by atoms with Crippen LogP contribution in [0.15, 0.2) is 24.3 Å². The number of alkyl halides is 1. The van der Waals surface area contributed by atoms with Gasteiger partial charge in [-0.25, -0.2) is 8.78 Å². The van der Waals surface area contributed by atoms with E-state index in [0.717, 1.165) is 0 Å². The highest BCUT2D eigenvalue weighted by atomic mass is 19.1. The lowest BCUT2D eigenvalue weighted by atomic mass is 10.1. The fourth-order valence-electron chi connectivity index (χ4n) is 0.967. The Morgan fingerprint density at radius 2 is 2.08 bits per heavy atom. The van der Waals surface area contributed by atoms with Crippen molar-refractivity contribution in [1.82, 2.24) is 0 Å². The van der Waals surface area contributed by atoms with Gasteiger partial charge < -0.3 is 5.73 Å². The average Bonchev–Trinajstić information content (AvgIpc) is 2.08. The van der Waals surface area contributed by atoms with E-state index in [1.807, 2.05) is 0 Å².